The number of nitrogens with zero attached hydrogens (tertiary/aromatic N) is 4. The monoisotopic (exact) mass is 424 g/mol. The van der Waals surface area contributed by atoms with Crippen molar-refractivity contribution in [2.24, 2.45) is 5.92 Å². The first-order valence-corrected chi connectivity index (χ1v) is 11.1. The summed E-state index contributed by atoms with van der Waals surface area (Å²) in [5.74, 6) is 0.776. The SMILES string of the molecule is CN(C)c1ncc(-c2cccc(F)c2)c(C2CCCN2C(=O)C2NNC3CCCC32)n1. The van der Waals surface area contributed by atoms with E-state index >= 15 is 0 Å². The lowest BCUT2D eigenvalue weighted by molar-refractivity contribution is -0.135. The first-order valence-electron chi connectivity index (χ1n) is 11.1. The van der Waals surface area contributed by atoms with E-state index in [-0.39, 0.29) is 23.8 Å². The van der Waals surface area contributed by atoms with Gasteiger partial charge >= 0.3 is 0 Å². The van der Waals surface area contributed by atoms with E-state index in [9.17, 15) is 9.18 Å². The van der Waals surface area contributed by atoms with Crippen molar-refractivity contribution >= 4 is 11.9 Å². The molecule has 5 rings (SSSR count). The van der Waals surface area contributed by atoms with Crippen molar-refractivity contribution in [3.8, 4) is 11.1 Å². The summed E-state index contributed by atoms with van der Waals surface area (Å²) in [7, 11) is 3.79. The summed E-state index contributed by atoms with van der Waals surface area (Å²) in [5, 5.41) is 0. The van der Waals surface area contributed by atoms with E-state index in [4.69, 9.17) is 4.98 Å². The predicted molar refractivity (Wildman–Crippen MR) is 117 cm³/mol. The number of rotatable bonds is 4. The van der Waals surface area contributed by atoms with E-state index in [2.05, 4.69) is 15.8 Å². The molecule has 0 bridgehead atoms. The van der Waals surface area contributed by atoms with Gasteiger partial charge in [-0.2, -0.15) is 0 Å². The van der Waals surface area contributed by atoms with Crippen LogP contribution in [0.5, 0.6) is 0 Å². The van der Waals surface area contributed by atoms with Crippen molar-refractivity contribution in [1.82, 2.24) is 25.7 Å². The smallest absolute Gasteiger partial charge is 0.241 e. The largest absolute Gasteiger partial charge is 0.347 e. The quantitative estimate of drug-likeness (QED) is 0.786. The molecule has 0 spiro atoms. The van der Waals surface area contributed by atoms with E-state index in [1.807, 2.05) is 30.0 Å². The van der Waals surface area contributed by atoms with E-state index in [1.165, 1.54) is 18.6 Å². The summed E-state index contributed by atoms with van der Waals surface area (Å²) in [6.45, 7) is 0.711. The number of nitrogens with one attached hydrogen (secondary N) is 2. The van der Waals surface area contributed by atoms with Crippen LogP contribution in [0.25, 0.3) is 11.1 Å². The number of carbonyl (C=O) groups excluding carboxylic acids is 1. The molecule has 3 fully saturated rings. The number of carbonyl (C=O) groups is 1. The second kappa shape index (κ2) is 8.16. The van der Waals surface area contributed by atoms with Crippen LogP contribution < -0.4 is 15.8 Å². The topological polar surface area (TPSA) is 73.4 Å². The molecule has 1 saturated carbocycles. The molecule has 1 aromatic heterocycles. The standard InChI is InChI=1S/C23H29FN6O/c1-29(2)23-25-13-17(14-6-3-7-15(24)12-14)20(26-23)19-10-5-11-30(19)22(31)21-16-8-4-9-18(16)27-28-21/h3,6-7,12-13,16,18-19,21,27-28H,4-5,8-11H2,1-2H3. The Labute approximate surface area is 182 Å². The summed E-state index contributed by atoms with van der Waals surface area (Å²) in [5.41, 5.74) is 8.89. The van der Waals surface area contributed by atoms with E-state index in [0.717, 1.165) is 42.5 Å². The van der Waals surface area contributed by atoms with Crippen molar-refractivity contribution in [2.45, 2.75) is 50.2 Å². The number of likely N-dealkylation sites (tertiary alicyclic amines) is 1. The molecule has 2 aliphatic heterocycles. The Kier molecular flexibility index (Phi) is 5.35. The third kappa shape index (κ3) is 3.68. The fraction of sp³-hybridized carbons (Fsp3) is 0.522. The molecule has 4 atom stereocenters. The van der Waals surface area contributed by atoms with Crippen LogP contribution in [-0.2, 0) is 4.79 Å². The number of anilines is 1. The lowest BCUT2D eigenvalue weighted by Gasteiger charge is -2.30. The lowest BCUT2D eigenvalue weighted by Crippen LogP contribution is -2.47. The second-order valence-electron chi connectivity index (χ2n) is 9.03. The van der Waals surface area contributed by atoms with E-state index in [1.54, 1.807) is 12.3 Å². The molecular formula is C23H29FN6O. The van der Waals surface area contributed by atoms with Gasteiger partial charge in [0, 0.05) is 44.4 Å². The fourth-order valence-corrected chi connectivity index (χ4v) is 5.34. The normalized spacial score (nSPS) is 27.5. The average molecular weight is 425 g/mol. The van der Waals surface area contributed by atoms with Gasteiger partial charge in [0.15, 0.2) is 0 Å². The average Bonchev–Trinajstić information content (AvgIpc) is 3.49. The van der Waals surface area contributed by atoms with Crippen molar-refractivity contribution in [3.63, 3.8) is 0 Å². The lowest BCUT2D eigenvalue weighted by atomic mass is 9.95. The number of hydrogen-bond donors (Lipinski definition) is 2. The number of aromatic nitrogens is 2. The number of hydrazine groups is 1. The summed E-state index contributed by atoms with van der Waals surface area (Å²) in [4.78, 5) is 26.8. The summed E-state index contributed by atoms with van der Waals surface area (Å²) < 4.78 is 14.0. The maximum Gasteiger partial charge on any atom is 0.241 e. The Morgan fingerprint density at radius 3 is 2.87 bits per heavy atom. The van der Waals surface area contributed by atoms with Crippen molar-refractivity contribution in [1.29, 1.82) is 0 Å². The minimum atomic E-state index is -0.298. The zero-order chi connectivity index (χ0) is 21.5. The number of halogens is 1. The van der Waals surface area contributed by atoms with Crippen LogP contribution in [0.1, 0.15) is 43.8 Å². The van der Waals surface area contributed by atoms with Gasteiger partial charge in [0.25, 0.3) is 0 Å². The molecule has 1 aliphatic carbocycles. The van der Waals surface area contributed by atoms with E-state index < -0.39 is 0 Å². The zero-order valence-electron chi connectivity index (χ0n) is 18.0. The maximum atomic E-state index is 14.0. The molecule has 164 valence electrons. The molecule has 3 aliphatic rings. The molecule has 31 heavy (non-hydrogen) atoms. The van der Waals surface area contributed by atoms with Crippen LogP contribution in [0.15, 0.2) is 30.5 Å². The predicted octanol–water partition coefficient (Wildman–Crippen LogP) is 2.66. The van der Waals surface area contributed by atoms with Gasteiger partial charge in [-0.1, -0.05) is 18.6 Å². The summed E-state index contributed by atoms with van der Waals surface area (Å²) in [6, 6.07) is 6.55. The summed E-state index contributed by atoms with van der Waals surface area (Å²) in [6.07, 6.45) is 6.88. The molecule has 4 unspecified atom stereocenters. The molecule has 2 aromatic rings. The van der Waals surface area contributed by atoms with Crippen molar-refractivity contribution in [2.75, 3.05) is 25.5 Å². The highest BCUT2D eigenvalue weighted by molar-refractivity contribution is 5.84. The molecule has 3 heterocycles. The maximum absolute atomic E-state index is 14.0. The third-order valence-corrected chi connectivity index (χ3v) is 6.88. The Morgan fingerprint density at radius 2 is 2.06 bits per heavy atom. The van der Waals surface area contributed by atoms with Gasteiger partial charge in [0.2, 0.25) is 11.9 Å². The van der Waals surface area contributed by atoms with Gasteiger partial charge < -0.3 is 9.80 Å². The molecule has 7 nitrogen and oxygen atoms in total. The van der Waals surface area contributed by atoms with Crippen LogP contribution >= 0.6 is 0 Å². The minimum absolute atomic E-state index is 0.139. The number of benzene rings is 1. The number of fused-ring (bicyclic) bond motifs is 1. The van der Waals surface area contributed by atoms with Gasteiger partial charge in [0.1, 0.15) is 11.9 Å². The Morgan fingerprint density at radius 1 is 1.19 bits per heavy atom. The van der Waals surface area contributed by atoms with Gasteiger partial charge in [-0.05, 0) is 43.4 Å². The molecule has 0 radical (unpaired) electrons. The van der Waals surface area contributed by atoms with Crippen LogP contribution in [-0.4, -0.2) is 53.5 Å². The first-order chi connectivity index (χ1) is 15.0. The highest BCUT2D eigenvalue weighted by atomic mass is 19.1. The zero-order valence-corrected chi connectivity index (χ0v) is 18.0. The molecule has 1 aromatic carbocycles. The second-order valence-corrected chi connectivity index (χ2v) is 9.03. The first kappa shape index (κ1) is 20.3. The Bertz CT molecular complexity index is 982. The van der Waals surface area contributed by atoms with Gasteiger partial charge in [-0.15, -0.1) is 0 Å². The molecule has 8 heteroatoms. The van der Waals surface area contributed by atoms with Gasteiger partial charge in [-0.3, -0.25) is 10.2 Å². The minimum Gasteiger partial charge on any atom is -0.347 e. The molecule has 2 N–H and O–H groups in total. The molecule has 1 amide bonds. The third-order valence-electron chi connectivity index (χ3n) is 6.88. The van der Waals surface area contributed by atoms with Crippen LogP contribution in [0.2, 0.25) is 0 Å². The van der Waals surface area contributed by atoms with Gasteiger partial charge in [-0.25, -0.2) is 19.8 Å². The Balaban J connectivity index is 1.51. The fourth-order valence-electron chi connectivity index (χ4n) is 5.34. The highest BCUT2D eigenvalue weighted by Crippen LogP contribution is 2.39. The molecular weight excluding hydrogens is 395 g/mol. The van der Waals surface area contributed by atoms with Crippen LogP contribution in [0.3, 0.4) is 0 Å². The number of amides is 1. The Hall–Kier alpha value is -2.58. The van der Waals surface area contributed by atoms with Crippen LogP contribution in [0, 0.1) is 11.7 Å². The van der Waals surface area contributed by atoms with Crippen LogP contribution in [0.4, 0.5) is 10.3 Å². The highest BCUT2D eigenvalue weighted by Gasteiger charge is 2.46. The van der Waals surface area contributed by atoms with E-state index in [0.29, 0.717) is 24.5 Å². The van der Waals surface area contributed by atoms with Crippen molar-refractivity contribution < 1.29 is 9.18 Å². The number of hydrogen-bond acceptors (Lipinski definition) is 6. The molecule has 2 saturated heterocycles. The summed E-state index contributed by atoms with van der Waals surface area (Å²) >= 11 is 0. The van der Waals surface area contributed by atoms with Gasteiger partial charge in [0.05, 0.1) is 11.7 Å². The van der Waals surface area contributed by atoms with Crippen molar-refractivity contribution in [3.05, 3.63) is 42.0 Å².